The first kappa shape index (κ1) is 13.8. The van der Waals surface area contributed by atoms with Crippen LogP contribution in [0.1, 0.15) is 19.4 Å². The van der Waals surface area contributed by atoms with E-state index < -0.39 is 0 Å². The summed E-state index contributed by atoms with van der Waals surface area (Å²) in [6, 6.07) is 6.25. The molecule has 3 heteroatoms. The average Bonchev–Trinajstić information content (AvgIpc) is 2.28. The largest absolute Gasteiger partial charge is 0.495 e. The summed E-state index contributed by atoms with van der Waals surface area (Å²) in [5.41, 5.74) is 8.08. The minimum atomic E-state index is 0.603. The molecule has 0 atom stereocenters. The molecule has 1 aromatic rings. The lowest BCUT2D eigenvalue weighted by Gasteiger charge is -2.28. The van der Waals surface area contributed by atoms with Crippen molar-refractivity contribution in [2.45, 2.75) is 20.8 Å². The van der Waals surface area contributed by atoms with E-state index in [0.29, 0.717) is 12.5 Å². The highest BCUT2D eigenvalue weighted by molar-refractivity contribution is 5.60. The second-order valence-corrected chi connectivity index (χ2v) is 4.80. The van der Waals surface area contributed by atoms with E-state index in [1.807, 2.05) is 6.07 Å². The lowest BCUT2D eigenvalue weighted by Crippen LogP contribution is -2.33. The normalized spacial score (nSPS) is 10.7. The SMILES string of the molecule is COc1ccc(C)cc1N(CCN)CC(C)C. The Morgan fingerprint density at radius 2 is 2.06 bits per heavy atom. The van der Waals surface area contributed by atoms with E-state index in [0.717, 1.165) is 24.5 Å². The van der Waals surface area contributed by atoms with Gasteiger partial charge in [-0.2, -0.15) is 0 Å². The molecule has 0 amide bonds. The Morgan fingerprint density at radius 3 is 2.59 bits per heavy atom. The van der Waals surface area contributed by atoms with Crippen molar-refractivity contribution in [3.8, 4) is 5.75 Å². The number of hydrogen-bond donors (Lipinski definition) is 1. The third-order valence-electron chi connectivity index (χ3n) is 2.66. The van der Waals surface area contributed by atoms with E-state index >= 15 is 0 Å². The van der Waals surface area contributed by atoms with E-state index in [1.54, 1.807) is 7.11 Å². The summed E-state index contributed by atoms with van der Waals surface area (Å²) < 4.78 is 5.43. The van der Waals surface area contributed by atoms with Gasteiger partial charge in [0.25, 0.3) is 0 Å². The molecular formula is C14H24N2O. The fourth-order valence-corrected chi connectivity index (χ4v) is 1.95. The lowest BCUT2D eigenvalue weighted by atomic mass is 10.1. The highest BCUT2D eigenvalue weighted by Gasteiger charge is 2.12. The number of rotatable bonds is 6. The molecule has 1 rings (SSSR count). The molecule has 0 bridgehead atoms. The number of nitrogens with zero attached hydrogens (tertiary/aromatic N) is 1. The number of methoxy groups -OCH3 is 1. The monoisotopic (exact) mass is 236 g/mol. The third-order valence-corrected chi connectivity index (χ3v) is 2.66. The maximum absolute atomic E-state index is 5.69. The zero-order valence-corrected chi connectivity index (χ0v) is 11.4. The maximum Gasteiger partial charge on any atom is 0.142 e. The Labute approximate surface area is 105 Å². The van der Waals surface area contributed by atoms with Crippen molar-refractivity contribution in [3.63, 3.8) is 0 Å². The topological polar surface area (TPSA) is 38.5 Å². The van der Waals surface area contributed by atoms with Gasteiger partial charge in [0, 0.05) is 19.6 Å². The van der Waals surface area contributed by atoms with Gasteiger partial charge in [-0.05, 0) is 30.5 Å². The summed E-state index contributed by atoms with van der Waals surface area (Å²) in [7, 11) is 1.71. The first-order valence-electron chi connectivity index (χ1n) is 6.18. The highest BCUT2D eigenvalue weighted by atomic mass is 16.5. The molecule has 0 saturated heterocycles. The van der Waals surface area contributed by atoms with E-state index in [2.05, 4.69) is 37.8 Å². The number of nitrogens with two attached hydrogens (primary N) is 1. The van der Waals surface area contributed by atoms with Crippen molar-refractivity contribution in [1.82, 2.24) is 0 Å². The molecule has 0 aliphatic rings. The zero-order chi connectivity index (χ0) is 12.8. The van der Waals surface area contributed by atoms with Gasteiger partial charge in [0.2, 0.25) is 0 Å². The van der Waals surface area contributed by atoms with E-state index in [4.69, 9.17) is 10.5 Å². The Bertz CT molecular complexity index is 350. The molecule has 0 fully saturated rings. The van der Waals surface area contributed by atoms with E-state index in [1.165, 1.54) is 5.56 Å². The molecule has 17 heavy (non-hydrogen) atoms. The molecule has 0 saturated carbocycles. The minimum absolute atomic E-state index is 0.603. The molecule has 0 unspecified atom stereocenters. The summed E-state index contributed by atoms with van der Waals surface area (Å²) >= 11 is 0. The summed E-state index contributed by atoms with van der Waals surface area (Å²) in [4.78, 5) is 2.30. The van der Waals surface area contributed by atoms with Gasteiger partial charge >= 0.3 is 0 Å². The number of anilines is 1. The molecule has 0 aliphatic heterocycles. The van der Waals surface area contributed by atoms with Crippen molar-refractivity contribution < 1.29 is 4.74 Å². The predicted molar refractivity (Wildman–Crippen MR) is 73.8 cm³/mol. The summed E-state index contributed by atoms with van der Waals surface area (Å²) in [6.07, 6.45) is 0. The first-order chi connectivity index (χ1) is 8.08. The van der Waals surface area contributed by atoms with Crippen molar-refractivity contribution in [2.75, 3.05) is 31.6 Å². The number of benzene rings is 1. The Kier molecular flexibility index (Phi) is 5.29. The summed E-state index contributed by atoms with van der Waals surface area (Å²) in [5, 5.41) is 0. The van der Waals surface area contributed by atoms with Gasteiger partial charge in [0.15, 0.2) is 0 Å². The highest BCUT2D eigenvalue weighted by Crippen LogP contribution is 2.29. The summed E-state index contributed by atoms with van der Waals surface area (Å²) in [5.74, 6) is 1.52. The lowest BCUT2D eigenvalue weighted by molar-refractivity contribution is 0.413. The molecule has 96 valence electrons. The van der Waals surface area contributed by atoms with Crippen LogP contribution in [-0.4, -0.2) is 26.7 Å². The van der Waals surface area contributed by atoms with Crippen LogP contribution in [0.4, 0.5) is 5.69 Å². The van der Waals surface area contributed by atoms with Crippen LogP contribution in [-0.2, 0) is 0 Å². The maximum atomic E-state index is 5.69. The quantitative estimate of drug-likeness (QED) is 0.824. The van der Waals surface area contributed by atoms with Gasteiger partial charge in [-0.1, -0.05) is 19.9 Å². The second kappa shape index (κ2) is 6.50. The first-order valence-corrected chi connectivity index (χ1v) is 6.18. The second-order valence-electron chi connectivity index (χ2n) is 4.80. The van der Waals surface area contributed by atoms with Gasteiger partial charge < -0.3 is 15.4 Å². The number of aryl methyl sites for hydroxylation is 1. The fourth-order valence-electron chi connectivity index (χ4n) is 1.95. The predicted octanol–water partition coefficient (Wildman–Crippen LogP) is 2.42. The van der Waals surface area contributed by atoms with Crippen LogP contribution in [0, 0.1) is 12.8 Å². The van der Waals surface area contributed by atoms with Gasteiger partial charge in [-0.3, -0.25) is 0 Å². The van der Waals surface area contributed by atoms with E-state index in [9.17, 15) is 0 Å². The average molecular weight is 236 g/mol. The molecule has 0 heterocycles. The van der Waals surface area contributed by atoms with Crippen LogP contribution in [0.25, 0.3) is 0 Å². The van der Waals surface area contributed by atoms with Crippen LogP contribution < -0.4 is 15.4 Å². The molecule has 1 aromatic carbocycles. The molecule has 2 N–H and O–H groups in total. The van der Waals surface area contributed by atoms with Gasteiger partial charge in [-0.15, -0.1) is 0 Å². The van der Waals surface area contributed by atoms with E-state index in [-0.39, 0.29) is 0 Å². The number of ether oxygens (including phenoxy) is 1. The van der Waals surface area contributed by atoms with Crippen LogP contribution >= 0.6 is 0 Å². The fraction of sp³-hybridized carbons (Fsp3) is 0.571. The van der Waals surface area contributed by atoms with Gasteiger partial charge in [0.1, 0.15) is 5.75 Å². The Balaban J connectivity index is 3.02. The zero-order valence-electron chi connectivity index (χ0n) is 11.4. The van der Waals surface area contributed by atoms with Crippen LogP contribution in [0.5, 0.6) is 5.75 Å². The smallest absolute Gasteiger partial charge is 0.142 e. The molecule has 0 radical (unpaired) electrons. The van der Waals surface area contributed by atoms with Crippen LogP contribution in [0.3, 0.4) is 0 Å². The Morgan fingerprint density at radius 1 is 1.35 bits per heavy atom. The van der Waals surface area contributed by atoms with Crippen molar-refractivity contribution in [2.24, 2.45) is 11.7 Å². The number of hydrogen-bond acceptors (Lipinski definition) is 3. The van der Waals surface area contributed by atoms with Crippen molar-refractivity contribution in [3.05, 3.63) is 23.8 Å². The molecule has 0 spiro atoms. The standard InChI is InChI=1S/C14H24N2O/c1-11(2)10-16(8-7-15)13-9-12(3)5-6-14(13)17-4/h5-6,9,11H,7-8,10,15H2,1-4H3. The van der Waals surface area contributed by atoms with Crippen LogP contribution in [0.2, 0.25) is 0 Å². The molecule has 3 nitrogen and oxygen atoms in total. The van der Waals surface area contributed by atoms with Gasteiger partial charge in [0.05, 0.1) is 12.8 Å². The molecular weight excluding hydrogens is 212 g/mol. The molecule has 0 aliphatic carbocycles. The summed E-state index contributed by atoms with van der Waals surface area (Å²) in [6.45, 7) is 9.04. The Hall–Kier alpha value is -1.22. The van der Waals surface area contributed by atoms with Gasteiger partial charge in [-0.25, -0.2) is 0 Å². The minimum Gasteiger partial charge on any atom is -0.495 e. The third kappa shape index (κ3) is 3.93. The van der Waals surface area contributed by atoms with Crippen molar-refractivity contribution in [1.29, 1.82) is 0 Å². The molecule has 0 aromatic heterocycles. The van der Waals surface area contributed by atoms with Crippen molar-refractivity contribution >= 4 is 5.69 Å². The van der Waals surface area contributed by atoms with Crippen LogP contribution in [0.15, 0.2) is 18.2 Å².